The van der Waals surface area contributed by atoms with Crippen LogP contribution in [0.4, 0.5) is 5.69 Å². The van der Waals surface area contributed by atoms with Crippen molar-refractivity contribution in [1.82, 2.24) is 0 Å². The Morgan fingerprint density at radius 2 is 1.89 bits per heavy atom. The zero-order chi connectivity index (χ0) is 19.9. The first-order valence-electron chi connectivity index (χ1n) is 9.27. The number of ether oxygens (including phenoxy) is 1. The Morgan fingerprint density at radius 3 is 2.57 bits per heavy atom. The van der Waals surface area contributed by atoms with Gasteiger partial charge in [-0.2, -0.15) is 0 Å². The highest BCUT2D eigenvalue weighted by Gasteiger charge is 2.44. The predicted molar refractivity (Wildman–Crippen MR) is 116 cm³/mol. The molecule has 0 spiro atoms. The smallest absolute Gasteiger partial charge is 0.164 e. The molecular formula is C21H24N2O3S2. The van der Waals surface area contributed by atoms with Crippen molar-refractivity contribution >= 4 is 32.5 Å². The van der Waals surface area contributed by atoms with Gasteiger partial charge >= 0.3 is 0 Å². The number of fused-ring (bicyclic) bond motifs is 1. The summed E-state index contributed by atoms with van der Waals surface area (Å²) in [5.74, 6) is 1.18. The van der Waals surface area contributed by atoms with Crippen molar-refractivity contribution in [1.29, 1.82) is 0 Å². The van der Waals surface area contributed by atoms with Crippen molar-refractivity contribution in [3.05, 3.63) is 59.2 Å². The summed E-state index contributed by atoms with van der Waals surface area (Å²) in [5.41, 5.74) is 4.72. The topological polar surface area (TPSA) is 59.0 Å². The molecule has 2 heterocycles. The van der Waals surface area contributed by atoms with Crippen LogP contribution in [0.1, 0.15) is 16.7 Å². The number of thioether (sulfide) groups is 1. The van der Waals surface area contributed by atoms with Crippen molar-refractivity contribution in [2.45, 2.75) is 31.7 Å². The number of methoxy groups -OCH3 is 1. The Kier molecular flexibility index (Phi) is 5.14. The van der Waals surface area contributed by atoms with Crippen molar-refractivity contribution in [3.8, 4) is 5.75 Å². The highest BCUT2D eigenvalue weighted by atomic mass is 32.2. The number of rotatable bonds is 4. The second-order valence-electron chi connectivity index (χ2n) is 7.43. The van der Waals surface area contributed by atoms with Gasteiger partial charge in [-0.3, -0.25) is 4.99 Å². The lowest BCUT2D eigenvalue weighted by molar-refractivity contribution is 0.415. The average molecular weight is 417 g/mol. The van der Waals surface area contributed by atoms with Crippen LogP contribution in [0.2, 0.25) is 0 Å². The lowest BCUT2D eigenvalue weighted by Gasteiger charge is -2.26. The second-order valence-corrected chi connectivity index (χ2v) is 10.8. The predicted octanol–water partition coefficient (Wildman–Crippen LogP) is 3.59. The van der Waals surface area contributed by atoms with E-state index in [1.54, 1.807) is 18.9 Å². The molecule has 0 aromatic heterocycles. The largest absolute Gasteiger partial charge is 0.497 e. The first-order chi connectivity index (χ1) is 13.3. The first kappa shape index (κ1) is 19.3. The van der Waals surface area contributed by atoms with Crippen LogP contribution in [0.15, 0.2) is 47.5 Å². The van der Waals surface area contributed by atoms with Gasteiger partial charge in [-0.1, -0.05) is 35.5 Å². The number of sulfone groups is 1. The Balaban J connectivity index is 1.68. The van der Waals surface area contributed by atoms with Crippen LogP contribution >= 0.6 is 11.8 Å². The normalized spacial score (nSPS) is 22.6. The van der Waals surface area contributed by atoms with E-state index in [9.17, 15) is 8.42 Å². The fourth-order valence-electron chi connectivity index (χ4n) is 3.64. The standard InChI is InChI=1S/C21H24N2O3S2/c1-14-4-5-15(2)16(10-14)11-23(17-6-8-18(26-3)9-7-17)21-22-19-12-28(24,25)13-20(19)27-21/h4-10,19-20H,11-13H2,1-3H3/t19-,20+/m1/s1. The maximum absolute atomic E-state index is 11.9. The van der Waals surface area contributed by atoms with E-state index in [-0.39, 0.29) is 22.8 Å². The van der Waals surface area contributed by atoms with E-state index in [4.69, 9.17) is 9.73 Å². The van der Waals surface area contributed by atoms with Gasteiger partial charge in [0.25, 0.3) is 0 Å². The third-order valence-corrected chi connectivity index (χ3v) is 8.50. The molecule has 5 nitrogen and oxygen atoms in total. The van der Waals surface area contributed by atoms with Gasteiger partial charge in [0, 0.05) is 10.9 Å². The Hall–Kier alpha value is -1.99. The molecule has 0 aliphatic carbocycles. The van der Waals surface area contributed by atoms with Crippen LogP contribution in [0, 0.1) is 13.8 Å². The minimum absolute atomic E-state index is 0.0272. The first-order valence-corrected chi connectivity index (χ1v) is 12.0. The molecule has 2 aliphatic heterocycles. The number of anilines is 1. The van der Waals surface area contributed by atoms with E-state index in [0.717, 1.165) is 16.6 Å². The number of amidine groups is 1. The SMILES string of the molecule is COc1ccc(N(Cc2cc(C)ccc2C)C2=N[C@@H]3CS(=O)(=O)C[C@@H]3S2)cc1. The van der Waals surface area contributed by atoms with Gasteiger partial charge in [0.1, 0.15) is 5.75 Å². The van der Waals surface area contributed by atoms with Crippen LogP contribution in [0.5, 0.6) is 5.75 Å². The van der Waals surface area contributed by atoms with Gasteiger partial charge < -0.3 is 9.64 Å². The molecule has 2 aliphatic rings. The second kappa shape index (κ2) is 7.44. The number of nitrogens with zero attached hydrogens (tertiary/aromatic N) is 2. The van der Waals surface area contributed by atoms with E-state index in [0.29, 0.717) is 6.54 Å². The molecule has 7 heteroatoms. The third-order valence-electron chi connectivity index (χ3n) is 5.25. The molecule has 2 aromatic carbocycles. The maximum atomic E-state index is 11.9. The van der Waals surface area contributed by atoms with E-state index in [2.05, 4.69) is 36.9 Å². The molecule has 148 valence electrons. The van der Waals surface area contributed by atoms with E-state index in [1.165, 1.54) is 16.7 Å². The highest BCUT2D eigenvalue weighted by molar-refractivity contribution is 8.15. The van der Waals surface area contributed by atoms with Crippen LogP contribution in [0.25, 0.3) is 0 Å². The maximum Gasteiger partial charge on any atom is 0.164 e. The molecule has 1 saturated heterocycles. The van der Waals surface area contributed by atoms with Gasteiger partial charge in [-0.25, -0.2) is 8.42 Å². The van der Waals surface area contributed by atoms with Crippen molar-refractivity contribution in [2.24, 2.45) is 4.99 Å². The van der Waals surface area contributed by atoms with Gasteiger partial charge in [0.05, 0.1) is 31.2 Å². The number of hydrogen-bond acceptors (Lipinski definition) is 6. The van der Waals surface area contributed by atoms with E-state index < -0.39 is 9.84 Å². The Morgan fingerprint density at radius 1 is 1.14 bits per heavy atom. The fraction of sp³-hybridized carbons (Fsp3) is 0.381. The van der Waals surface area contributed by atoms with Gasteiger partial charge in [-0.15, -0.1) is 0 Å². The number of benzene rings is 2. The van der Waals surface area contributed by atoms with Crippen LogP contribution in [0.3, 0.4) is 0 Å². The summed E-state index contributed by atoms with van der Waals surface area (Å²) in [4.78, 5) is 7.00. The zero-order valence-electron chi connectivity index (χ0n) is 16.3. The minimum atomic E-state index is -2.96. The average Bonchev–Trinajstić information content (AvgIpc) is 3.16. The lowest BCUT2D eigenvalue weighted by Crippen LogP contribution is -2.28. The minimum Gasteiger partial charge on any atom is -0.497 e. The van der Waals surface area contributed by atoms with E-state index >= 15 is 0 Å². The molecule has 28 heavy (non-hydrogen) atoms. The number of hydrogen-bond donors (Lipinski definition) is 0. The van der Waals surface area contributed by atoms with Crippen molar-refractivity contribution < 1.29 is 13.2 Å². The monoisotopic (exact) mass is 416 g/mol. The molecule has 2 atom stereocenters. The summed E-state index contributed by atoms with van der Waals surface area (Å²) >= 11 is 1.59. The Bertz CT molecular complexity index is 1020. The van der Waals surface area contributed by atoms with E-state index in [1.807, 2.05) is 24.3 Å². The highest BCUT2D eigenvalue weighted by Crippen LogP contribution is 2.37. The molecule has 0 N–H and O–H groups in total. The summed E-state index contributed by atoms with van der Waals surface area (Å²) in [6.07, 6.45) is 0. The zero-order valence-corrected chi connectivity index (χ0v) is 17.9. The number of aliphatic imine (C=N–C) groups is 1. The molecule has 0 bridgehead atoms. The number of aryl methyl sites for hydroxylation is 2. The van der Waals surface area contributed by atoms with Gasteiger partial charge in [-0.05, 0) is 49.2 Å². The van der Waals surface area contributed by atoms with Crippen LogP contribution in [-0.4, -0.2) is 43.5 Å². The Labute approximate surface area is 170 Å². The van der Waals surface area contributed by atoms with Crippen LogP contribution < -0.4 is 9.64 Å². The summed E-state index contributed by atoms with van der Waals surface area (Å²) in [6, 6.07) is 14.3. The van der Waals surface area contributed by atoms with Crippen LogP contribution in [-0.2, 0) is 16.4 Å². The molecule has 0 amide bonds. The molecule has 0 radical (unpaired) electrons. The lowest BCUT2D eigenvalue weighted by atomic mass is 10.1. The van der Waals surface area contributed by atoms with Gasteiger partial charge in [0.2, 0.25) is 0 Å². The summed E-state index contributed by atoms with van der Waals surface area (Å²) in [7, 11) is -1.31. The fourth-order valence-corrected chi connectivity index (χ4v) is 7.42. The molecule has 0 unspecified atom stereocenters. The molecule has 4 rings (SSSR count). The summed E-state index contributed by atoms with van der Waals surface area (Å²) in [6.45, 7) is 4.90. The third kappa shape index (κ3) is 3.91. The summed E-state index contributed by atoms with van der Waals surface area (Å²) < 4.78 is 29.1. The molecular weight excluding hydrogens is 392 g/mol. The quantitative estimate of drug-likeness (QED) is 0.762. The van der Waals surface area contributed by atoms with Crippen molar-refractivity contribution in [2.75, 3.05) is 23.5 Å². The van der Waals surface area contributed by atoms with Crippen molar-refractivity contribution in [3.63, 3.8) is 0 Å². The molecule has 1 fully saturated rings. The molecule has 0 saturated carbocycles. The van der Waals surface area contributed by atoms with Gasteiger partial charge in [0.15, 0.2) is 15.0 Å². The molecule has 2 aromatic rings. The summed E-state index contributed by atoms with van der Waals surface area (Å²) in [5, 5.41) is 0.926.